The molecule has 0 unspecified atom stereocenters. The first kappa shape index (κ1) is 19.6. The minimum atomic E-state index is 0.0741. The SMILES string of the molecule is Nn1c(SCC(=O)N2CCN(c3ccccc3)CC2)nnc1-c1ccccc1Cl. The van der Waals surface area contributed by atoms with Crippen LogP contribution < -0.4 is 10.7 Å². The number of aromatic nitrogens is 3. The molecule has 1 amide bonds. The van der Waals surface area contributed by atoms with E-state index in [2.05, 4.69) is 27.2 Å². The first-order valence-corrected chi connectivity index (χ1v) is 10.7. The number of halogens is 1. The van der Waals surface area contributed by atoms with Gasteiger partial charge >= 0.3 is 0 Å². The molecule has 1 aromatic heterocycles. The number of nitrogens with two attached hydrogens (primary N) is 1. The van der Waals surface area contributed by atoms with E-state index in [-0.39, 0.29) is 11.7 Å². The van der Waals surface area contributed by atoms with Crippen LogP contribution in [-0.4, -0.2) is 57.6 Å². The van der Waals surface area contributed by atoms with E-state index >= 15 is 0 Å². The van der Waals surface area contributed by atoms with Gasteiger partial charge in [0.2, 0.25) is 11.1 Å². The fourth-order valence-corrected chi connectivity index (χ4v) is 4.25. The van der Waals surface area contributed by atoms with Crippen LogP contribution in [-0.2, 0) is 4.79 Å². The fraction of sp³-hybridized carbons (Fsp3) is 0.250. The quantitative estimate of drug-likeness (QED) is 0.497. The third kappa shape index (κ3) is 4.33. The predicted molar refractivity (Wildman–Crippen MR) is 117 cm³/mol. The molecule has 2 N–H and O–H groups in total. The largest absolute Gasteiger partial charge is 0.368 e. The van der Waals surface area contributed by atoms with Crippen LogP contribution in [0, 0.1) is 0 Å². The van der Waals surface area contributed by atoms with E-state index in [1.165, 1.54) is 22.1 Å². The van der Waals surface area contributed by atoms with Crippen LogP contribution >= 0.6 is 23.4 Å². The number of carbonyl (C=O) groups excluding carboxylic acids is 1. The molecule has 1 saturated heterocycles. The molecule has 1 aliphatic rings. The molecule has 0 aliphatic carbocycles. The van der Waals surface area contributed by atoms with Gasteiger partial charge in [0, 0.05) is 37.4 Å². The smallest absolute Gasteiger partial charge is 0.233 e. The molecule has 0 spiro atoms. The number of hydrogen-bond donors (Lipinski definition) is 1. The number of hydrogen-bond acceptors (Lipinski definition) is 6. The van der Waals surface area contributed by atoms with Crippen molar-refractivity contribution in [1.82, 2.24) is 19.8 Å². The zero-order chi connectivity index (χ0) is 20.2. The van der Waals surface area contributed by atoms with Crippen LogP contribution in [0.3, 0.4) is 0 Å². The maximum Gasteiger partial charge on any atom is 0.233 e. The normalized spacial score (nSPS) is 14.2. The molecule has 4 rings (SSSR count). The van der Waals surface area contributed by atoms with Crippen molar-refractivity contribution in [2.24, 2.45) is 0 Å². The summed E-state index contributed by atoms with van der Waals surface area (Å²) in [7, 11) is 0. The van der Waals surface area contributed by atoms with E-state index in [0.717, 1.165) is 13.1 Å². The first-order valence-electron chi connectivity index (χ1n) is 9.29. The summed E-state index contributed by atoms with van der Waals surface area (Å²) in [6, 6.07) is 17.6. The van der Waals surface area contributed by atoms with Crippen LogP contribution in [0.1, 0.15) is 0 Å². The molecule has 1 aliphatic heterocycles. The molecule has 0 saturated carbocycles. The van der Waals surface area contributed by atoms with Crippen molar-refractivity contribution in [3.8, 4) is 11.4 Å². The molecular formula is C20H21ClN6OS. The Kier molecular flexibility index (Phi) is 5.92. The first-order chi connectivity index (χ1) is 14.1. The molecule has 0 radical (unpaired) electrons. The molecule has 2 aromatic carbocycles. The summed E-state index contributed by atoms with van der Waals surface area (Å²) in [4.78, 5) is 16.8. The summed E-state index contributed by atoms with van der Waals surface area (Å²) in [5, 5.41) is 9.28. The highest BCUT2D eigenvalue weighted by atomic mass is 35.5. The number of amides is 1. The Balaban J connectivity index is 1.33. The van der Waals surface area contributed by atoms with Crippen molar-refractivity contribution in [3.63, 3.8) is 0 Å². The van der Waals surface area contributed by atoms with Gasteiger partial charge in [-0.1, -0.05) is 53.7 Å². The topological polar surface area (TPSA) is 80.3 Å². The lowest BCUT2D eigenvalue weighted by Gasteiger charge is -2.36. The Morgan fingerprint density at radius 1 is 1.00 bits per heavy atom. The number of anilines is 1. The third-order valence-electron chi connectivity index (χ3n) is 4.86. The van der Waals surface area contributed by atoms with Gasteiger partial charge in [-0.3, -0.25) is 4.79 Å². The van der Waals surface area contributed by atoms with Crippen molar-refractivity contribution in [2.75, 3.05) is 42.7 Å². The standard InChI is InChI=1S/C20H21ClN6OS/c21-17-9-5-4-8-16(17)19-23-24-20(27(19)22)29-14-18(28)26-12-10-25(11-13-26)15-6-2-1-3-7-15/h1-9H,10-14,22H2. The highest BCUT2D eigenvalue weighted by molar-refractivity contribution is 7.99. The third-order valence-corrected chi connectivity index (χ3v) is 6.12. The Bertz CT molecular complexity index is 988. The van der Waals surface area contributed by atoms with Gasteiger partial charge in [0.1, 0.15) is 0 Å². The highest BCUT2D eigenvalue weighted by Gasteiger charge is 2.22. The Hall–Kier alpha value is -2.71. The Morgan fingerprint density at radius 2 is 1.69 bits per heavy atom. The van der Waals surface area contributed by atoms with E-state index < -0.39 is 0 Å². The molecule has 150 valence electrons. The number of nitrogens with zero attached hydrogens (tertiary/aromatic N) is 5. The van der Waals surface area contributed by atoms with Gasteiger partial charge in [-0.2, -0.15) is 0 Å². The minimum absolute atomic E-state index is 0.0741. The maximum absolute atomic E-state index is 12.6. The van der Waals surface area contributed by atoms with E-state index in [1.807, 2.05) is 41.3 Å². The van der Waals surface area contributed by atoms with Crippen LogP contribution in [0.15, 0.2) is 59.8 Å². The minimum Gasteiger partial charge on any atom is -0.368 e. The number of piperazine rings is 1. The second-order valence-electron chi connectivity index (χ2n) is 6.65. The number of para-hydroxylation sites is 1. The average Bonchev–Trinajstić information content (AvgIpc) is 3.13. The molecular weight excluding hydrogens is 408 g/mol. The highest BCUT2D eigenvalue weighted by Crippen LogP contribution is 2.27. The second-order valence-corrected chi connectivity index (χ2v) is 8.00. The monoisotopic (exact) mass is 428 g/mol. The molecule has 3 aromatic rings. The van der Waals surface area contributed by atoms with Crippen LogP contribution in [0.5, 0.6) is 0 Å². The summed E-state index contributed by atoms with van der Waals surface area (Å²) in [6.07, 6.45) is 0. The number of nitrogen functional groups attached to an aromatic ring is 1. The van der Waals surface area contributed by atoms with Gasteiger partial charge in [0.05, 0.1) is 10.8 Å². The number of benzene rings is 2. The van der Waals surface area contributed by atoms with Crippen molar-refractivity contribution < 1.29 is 4.79 Å². The van der Waals surface area contributed by atoms with E-state index in [0.29, 0.717) is 34.7 Å². The molecule has 29 heavy (non-hydrogen) atoms. The fourth-order valence-electron chi connectivity index (χ4n) is 3.27. The summed E-state index contributed by atoms with van der Waals surface area (Å²) in [5.74, 6) is 6.95. The summed E-state index contributed by atoms with van der Waals surface area (Å²) in [6.45, 7) is 3.05. The Morgan fingerprint density at radius 3 is 2.41 bits per heavy atom. The van der Waals surface area contributed by atoms with Gasteiger partial charge in [-0.15, -0.1) is 10.2 Å². The number of rotatable bonds is 5. The van der Waals surface area contributed by atoms with E-state index in [9.17, 15) is 4.79 Å². The van der Waals surface area contributed by atoms with E-state index in [1.54, 1.807) is 6.07 Å². The summed E-state index contributed by atoms with van der Waals surface area (Å²) < 4.78 is 1.38. The zero-order valence-corrected chi connectivity index (χ0v) is 17.3. The maximum atomic E-state index is 12.6. The van der Waals surface area contributed by atoms with Gasteiger partial charge in [0.15, 0.2) is 5.82 Å². The van der Waals surface area contributed by atoms with Crippen LogP contribution in [0.25, 0.3) is 11.4 Å². The molecule has 1 fully saturated rings. The van der Waals surface area contributed by atoms with E-state index in [4.69, 9.17) is 17.4 Å². The van der Waals surface area contributed by atoms with Gasteiger partial charge < -0.3 is 15.6 Å². The van der Waals surface area contributed by atoms with Crippen molar-refractivity contribution >= 4 is 35.0 Å². The average molecular weight is 429 g/mol. The van der Waals surface area contributed by atoms with Gasteiger partial charge in [-0.05, 0) is 24.3 Å². The van der Waals surface area contributed by atoms with Gasteiger partial charge in [0.25, 0.3) is 0 Å². The van der Waals surface area contributed by atoms with Crippen molar-refractivity contribution in [2.45, 2.75) is 5.16 Å². The zero-order valence-electron chi connectivity index (χ0n) is 15.7. The van der Waals surface area contributed by atoms with Crippen molar-refractivity contribution in [1.29, 1.82) is 0 Å². The Labute approximate surface area is 178 Å². The predicted octanol–water partition coefficient (Wildman–Crippen LogP) is 2.75. The van der Waals surface area contributed by atoms with Crippen LogP contribution in [0.2, 0.25) is 5.02 Å². The lowest BCUT2D eigenvalue weighted by Crippen LogP contribution is -2.49. The molecule has 9 heteroatoms. The number of thioether (sulfide) groups is 1. The summed E-state index contributed by atoms with van der Waals surface area (Å²) >= 11 is 7.50. The molecule has 0 bridgehead atoms. The lowest BCUT2D eigenvalue weighted by atomic mass is 10.2. The number of carbonyl (C=O) groups is 1. The molecule has 0 atom stereocenters. The van der Waals surface area contributed by atoms with Crippen molar-refractivity contribution in [3.05, 3.63) is 59.6 Å². The lowest BCUT2D eigenvalue weighted by molar-refractivity contribution is -0.128. The molecule has 2 heterocycles. The summed E-state index contributed by atoms with van der Waals surface area (Å²) in [5.41, 5.74) is 1.90. The van der Waals surface area contributed by atoms with Crippen LogP contribution in [0.4, 0.5) is 5.69 Å². The second kappa shape index (κ2) is 8.75. The van der Waals surface area contributed by atoms with Gasteiger partial charge in [-0.25, -0.2) is 4.68 Å². The molecule has 7 nitrogen and oxygen atoms in total.